The molecule has 0 rings (SSSR count). The van der Waals surface area contributed by atoms with Crippen molar-refractivity contribution in [2.75, 3.05) is 39.6 Å². The highest BCUT2D eigenvalue weighted by molar-refractivity contribution is 5.82. The Bertz CT molecular complexity index is 659. The third-order valence-corrected chi connectivity index (χ3v) is 4.96. The summed E-state index contributed by atoms with van der Waals surface area (Å²) in [6.45, 7) is 14.9. The van der Waals surface area contributed by atoms with E-state index >= 15 is 0 Å². The van der Waals surface area contributed by atoms with Gasteiger partial charge in [-0.1, -0.05) is 33.6 Å². The Morgan fingerprint density at radius 3 is 1.19 bits per heavy atom. The summed E-state index contributed by atoms with van der Waals surface area (Å²) in [5.41, 5.74) is -1.64. The van der Waals surface area contributed by atoms with Gasteiger partial charge in [0.2, 0.25) is 0 Å². The molecule has 9 heteroatoms. The molecule has 0 aromatic rings. The fourth-order valence-electron chi connectivity index (χ4n) is 2.45. The van der Waals surface area contributed by atoms with E-state index in [0.29, 0.717) is 12.8 Å². The van der Waals surface area contributed by atoms with Crippen molar-refractivity contribution in [3.8, 4) is 0 Å². The van der Waals surface area contributed by atoms with Crippen molar-refractivity contribution >= 4 is 23.9 Å². The number of esters is 4. The van der Waals surface area contributed by atoms with Gasteiger partial charge in [-0.3, -0.25) is 4.79 Å². The monoisotopic (exact) mass is 454 g/mol. The maximum absolute atomic E-state index is 11.6. The van der Waals surface area contributed by atoms with Gasteiger partial charge in [0, 0.05) is 25.2 Å². The predicted molar refractivity (Wildman–Crippen MR) is 116 cm³/mol. The summed E-state index contributed by atoms with van der Waals surface area (Å²) in [4.78, 5) is 46.0. The Morgan fingerprint density at radius 2 is 0.938 bits per heavy atom. The molecule has 0 aliphatic heterocycles. The second-order valence-electron chi connectivity index (χ2n) is 7.42. The normalized spacial score (nSPS) is 12.6. The van der Waals surface area contributed by atoms with Crippen molar-refractivity contribution in [1.82, 2.24) is 0 Å². The van der Waals surface area contributed by atoms with E-state index < -0.39 is 34.7 Å². The molecule has 0 aromatic carbocycles. The third-order valence-electron chi connectivity index (χ3n) is 4.96. The van der Waals surface area contributed by atoms with Crippen molar-refractivity contribution < 1.29 is 42.9 Å². The van der Waals surface area contributed by atoms with Crippen LogP contribution in [0.3, 0.4) is 0 Å². The lowest BCUT2D eigenvalue weighted by Gasteiger charge is -2.35. The fourth-order valence-corrected chi connectivity index (χ4v) is 2.45. The maximum Gasteiger partial charge on any atom is 0.330 e. The smallest absolute Gasteiger partial charge is 0.330 e. The molecule has 0 aliphatic carbocycles. The zero-order valence-electron chi connectivity index (χ0n) is 19.2. The molecular weight excluding hydrogens is 420 g/mol. The summed E-state index contributed by atoms with van der Waals surface area (Å²) in [7, 11) is 0. The van der Waals surface area contributed by atoms with E-state index in [1.54, 1.807) is 0 Å². The van der Waals surface area contributed by atoms with Crippen molar-refractivity contribution in [1.29, 1.82) is 0 Å². The summed E-state index contributed by atoms with van der Waals surface area (Å²) in [6, 6.07) is 0. The molecule has 9 nitrogen and oxygen atoms in total. The molecule has 32 heavy (non-hydrogen) atoms. The molecule has 0 radical (unpaired) electrons. The van der Waals surface area contributed by atoms with Crippen LogP contribution in [0.4, 0.5) is 0 Å². The van der Waals surface area contributed by atoms with Gasteiger partial charge in [-0.15, -0.1) is 0 Å². The average Bonchev–Trinajstić information content (AvgIpc) is 2.81. The minimum absolute atomic E-state index is 0.0285. The molecule has 0 saturated carbocycles. The SMILES string of the molecule is C=CC(=O)OCC(CC)(COCC(CC)(COC(=O)C=C)COC(=O)C=C)COC(C)=O. The molecule has 0 heterocycles. The molecule has 0 N–H and O–H groups in total. The van der Waals surface area contributed by atoms with Crippen LogP contribution in [0.1, 0.15) is 33.6 Å². The molecule has 0 fully saturated rings. The van der Waals surface area contributed by atoms with Crippen LogP contribution in [0.25, 0.3) is 0 Å². The van der Waals surface area contributed by atoms with Gasteiger partial charge in [-0.2, -0.15) is 0 Å². The number of carbonyl (C=O) groups is 4. The number of hydrogen-bond donors (Lipinski definition) is 0. The van der Waals surface area contributed by atoms with Crippen molar-refractivity contribution in [2.45, 2.75) is 33.6 Å². The van der Waals surface area contributed by atoms with E-state index in [2.05, 4.69) is 19.7 Å². The fraction of sp³-hybridized carbons (Fsp3) is 0.565. The molecule has 0 amide bonds. The Kier molecular flexibility index (Phi) is 13.6. The molecule has 180 valence electrons. The van der Waals surface area contributed by atoms with Crippen LogP contribution < -0.4 is 0 Å². The third kappa shape index (κ3) is 10.9. The lowest BCUT2D eigenvalue weighted by atomic mass is 9.86. The second-order valence-corrected chi connectivity index (χ2v) is 7.42. The lowest BCUT2D eigenvalue weighted by Crippen LogP contribution is -2.42. The average molecular weight is 455 g/mol. The summed E-state index contributed by atoms with van der Waals surface area (Å²) >= 11 is 0. The highest BCUT2D eigenvalue weighted by Crippen LogP contribution is 2.28. The van der Waals surface area contributed by atoms with E-state index in [-0.39, 0.29) is 39.6 Å². The Hall–Kier alpha value is -2.94. The number of hydrogen-bond acceptors (Lipinski definition) is 9. The molecule has 0 aliphatic rings. The second kappa shape index (κ2) is 15.0. The van der Waals surface area contributed by atoms with E-state index in [9.17, 15) is 19.2 Å². The molecule has 0 saturated heterocycles. The van der Waals surface area contributed by atoms with Crippen LogP contribution >= 0.6 is 0 Å². The Balaban J connectivity index is 5.44. The number of rotatable bonds is 17. The first kappa shape index (κ1) is 29.1. The van der Waals surface area contributed by atoms with Crippen LogP contribution in [0.15, 0.2) is 38.0 Å². The van der Waals surface area contributed by atoms with Gasteiger partial charge in [0.05, 0.1) is 24.0 Å². The molecule has 1 atom stereocenters. The molecule has 0 bridgehead atoms. The van der Waals surface area contributed by atoms with Gasteiger partial charge in [-0.25, -0.2) is 14.4 Å². The minimum Gasteiger partial charge on any atom is -0.465 e. The van der Waals surface area contributed by atoms with Gasteiger partial charge in [-0.05, 0) is 12.8 Å². The quantitative estimate of drug-likeness (QED) is 0.186. The summed E-state index contributed by atoms with van der Waals surface area (Å²) in [5, 5.41) is 0. The van der Waals surface area contributed by atoms with Crippen molar-refractivity contribution in [2.24, 2.45) is 10.8 Å². The van der Waals surface area contributed by atoms with Crippen LogP contribution in [0, 0.1) is 10.8 Å². The number of carbonyl (C=O) groups excluding carboxylic acids is 4. The molecular formula is C23H34O9. The zero-order chi connectivity index (χ0) is 24.6. The first-order valence-corrected chi connectivity index (χ1v) is 10.2. The molecule has 0 aromatic heterocycles. The summed E-state index contributed by atoms with van der Waals surface area (Å²) < 4.78 is 26.7. The van der Waals surface area contributed by atoms with E-state index in [0.717, 1.165) is 18.2 Å². The van der Waals surface area contributed by atoms with E-state index in [1.165, 1.54) is 6.92 Å². The number of ether oxygens (including phenoxy) is 5. The summed E-state index contributed by atoms with van der Waals surface area (Å²) in [5.74, 6) is -2.33. The van der Waals surface area contributed by atoms with E-state index in [4.69, 9.17) is 23.7 Å². The van der Waals surface area contributed by atoms with Gasteiger partial charge in [0.15, 0.2) is 0 Å². The molecule has 1 unspecified atom stereocenters. The van der Waals surface area contributed by atoms with Gasteiger partial charge in [0.1, 0.15) is 26.4 Å². The Labute approximate surface area is 189 Å². The highest BCUT2D eigenvalue weighted by atomic mass is 16.6. The van der Waals surface area contributed by atoms with Crippen LogP contribution in [0.2, 0.25) is 0 Å². The van der Waals surface area contributed by atoms with Gasteiger partial charge >= 0.3 is 23.9 Å². The van der Waals surface area contributed by atoms with Crippen molar-refractivity contribution in [3.05, 3.63) is 38.0 Å². The summed E-state index contributed by atoms with van der Waals surface area (Å²) in [6.07, 6.45) is 4.03. The van der Waals surface area contributed by atoms with Crippen LogP contribution in [0.5, 0.6) is 0 Å². The van der Waals surface area contributed by atoms with Gasteiger partial charge in [0.25, 0.3) is 0 Å². The van der Waals surface area contributed by atoms with Crippen LogP contribution in [-0.4, -0.2) is 63.5 Å². The first-order valence-electron chi connectivity index (χ1n) is 10.2. The first-order chi connectivity index (χ1) is 15.1. The standard InChI is InChI=1S/C23H34O9/c1-7-19(25)30-15-22(10-4,14-29-18(6)24)12-28-13-23(11-5,16-31-20(26)8-2)17-32-21(27)9-3/h7-9H,1-3,10-17H2,4-6H3. The minimum atomic E-state index is -0.837. The van der Waals surface area contributed by atoms with E-state index in [1.807, 2.05) is 13.8 Å². The topological polar surface area (TPSA) is 114 Å². The Morgan fingerprint density at radius 1 is 0.625 bits per heavy atom. The lowest BCUT2D eigenvalue weighted by molar-refractivity contribution is -0.158. The van der Waals surface area contributed by atoms with Gasteiger partial charge < -0.3 is 23.7 Å². The van der Waals surface area contributed by atoms with Crippen LogP contribution in [-0.2, 0) is 42.9 Å². The zero-order valence-corrected chi connectivity index (χ0v) is 19.2. The molecule has 0 spiro atoms. The van der Waals surface area contributed by atoms with Crippen molar-refractivity contribution in [3.63, 3.8) is 0 Å². The predicted octanol–water partition coefficient (Wildman–Crippen LogP) is 2.55. The highest BCUT2D eigenvalue weighted by Gasteiger charge is 2.36. The largest absolute Gasteiger partial charge is 0.465 e. The maximum atomic E-state index is 11.6.